The summed E-state index contributed by atoms with van der Waals surface area (Å²) in [5.41, 5.74) is 1.99. The molecule has 0 aliphatic carbocycles. The normalized spacial score (nSPS) is 14.9. The van der Waals surface area contributed by atoms with Gasteiger partial charge in [0, 0.05) is 6.54 Å². The Morgan fingerprint density at radius 2 is 1.86 bits per heavy atom. The summed E-state index contributed by atoms with van der Waals surface area (Å²) >= 11 is 0. The number of hydrogen-bond donors (Lipinski definition) is 1. The van der Waals surface area contributed by atoms with Gasteiger partial charge in [0.05, 0.1) is 6.61 Å². The van der Waals surface area contributed by atoms with Crippen molar-refractivity contribution in [2.45, 2.75) is 13.5 Å². The van der Waals surface area contributed by atoms with Crippen molar-refractivity contribution >= 4 is 18.0 Å². The minimum Gasteiger partial charge on any atom is -0.490 e. The Bertz CT molecular complexity index is 906. The van der Waals surface area contributed by atoms with Crippen LogP contribution < -0.4 is 14.8 Å². The van der Waals surface area contributed by atoms with Gasteiger partial charge in [-0.25, -0.2) is 4.79 Å². The molecule has 6 nitrogen and oxygen atoms in total. The third kappa shape index (κ3) is 4.40. The smallest absolute Gasteiger partial charge is 0.329 e. The molecule has 0 spiro atoms. The average Bonchev–Trinajstić information content (AvgIpc) is 2.96. The van der Waals surface area contributed by atoms with Gasteiger partial charge >= 0.3 is 6.03 Å². The van der Waals surface area contributed by atoms with E-state index in [4.69, 9.17) is 9.47 Å². The van der Waals surface area contributed by atoms with Gasteiger partial charge in [-0.15, -0.1) is 6.58 Å². The zero-order valence-electron chi connectivity index (χ0n) is 15.7. The van der Waals surface area contributed by atoms with Gasteiger partial charge in [0.1, 0.15) is 12.3 Å². The van der Waals surface area contributed by atoms with E-state index in [0.717, 1.165) is 16.0 Å². The van der Waals surface area contributed by atoms with E-state index in [9.17, 15) is 9.59 Å². The number of urea groups is 1. The number of ether oxygens (including phenoxy) is 2. The summed E-state index contributed by atoms with van der Waals surface area (Å²) in [6.07, 6.45) is 3.12. The zero-order chi connectivity index (χ0) is 19.9. The fourth-order valence-electron chi connectivity index (χ4n) is 2.77. The molecule has 1 aliphatic heterocycles. The number of nitrogens with zero attached hydrogens (tertiary/aromatic N) is 1. The fourth-order valence-corrected chi connectivity index (χ4v) is 2.77. The Morgan fingerprint density at radius 3 is 2.57 bits per heavy atom. The summed E-state index contributed by atoms with van der Waals surface area (Å²) in [6.45, 7) is 6.51. The first-order valence-corrected chi connectivity index (χ1v) is 9.01. The monoisotopic (exact) mass is 378 g/mol. The van der Waals surface area contributed by atoms with Crippen molar-refractivity contribution in [2.24, 2.45) is 0 Å². The van der Waals surface area contributed by atoms with E-state index in [1.807, 2.05) is 43.3 Å². The predicted octanol–water partition coefficient (Wildman–Crippen LogP) is 3.74. The molecular formula is C22H22N2O4. The van der Waals surface area contributed by atoms with E-state index in [0.29, 0.717) is 24.7 Å². The maximum Gasteiger partial charge on any atom is 0.329 e. The number of hydrogen-bond acceptors (Lipinski definition) is 4. The van der Waals surface area contributed by atoms with E-state index in [1.165, 1.54) is 6.08 Å². The molecule has 0 bridgehead atoms. The summed E-state index contributed by atoms with van der Waals surface area (Å²) in [4.78, 5) is 25.3. The van der Waals surface area contributed by atoms with Crippen LogP contribution in [0.5, 0.6) is 11.5 Å². The van der Waals surface area contributed by atoms with Crippen molar-refractivity contribution in [3.05, 3.63) is 78.0 Å². The molecular weight excluding hydrogens is 356 g/mol. The second-order valence-corrected chi connectivity index (χ2v) is 6.11. The number of nitrogens with one attached hydrogen (secondary N) is 1. The molecule has 0 radical (unpaired) electrons. The molecule has 0 atom stereocenters. The molecule has 0 unspecified atom stereocenters. The van der Waals surface area contributed by atoms with Crippen LogP contribution in [0.4, 0.5) is 4.79 Å². The molecule has 1 fully saturated rings. The lowest BCUT2D eigenvalue weighted by Crippen LogP contribution is -2.30. The van der Waals surface area contributed by atoms with Crippen LogP contribution in [0.2, 0.25) is 0 Å². The van der Waals surface area contributed by atoms with Crippen LogP contribution in [0.1, 0.15) is 18.1 Å². The summed E-state index contributed by atoms with van der Waals surface area (Å²) in [5.74, 6) is 0.808. The van der Waals surface area contributed by atoms with Crippen LogP contribution in [0.25, 0.3) is 6.08 Å². The average molecular weight is 378 g/mol. The molecule has 6 heteroatoms. The van der Waals surface area contributed by atoms with Crippen LogP contribution in [0.15, 0.2) is 66.9 Å². The predicted molar refractivity (Wildman–Crippen MR) is 107 cm³/mol. The van der Waals surface area contributed by atoms with Crippen molar-refractivity contribution in [3.63, 3.8) is 0 Å². The largest absolute Gasteiger partial charge is 0.490 e. The molecule has 144 valence electrons. The highest BCUT2D eigenvalue weighted by atomic mass is 16.5. The molecule has 0 aromatic heterocycles. The standard InChI is InChI=1S/C22H22N2O4/c1-3-12-24-21(25)18(23-22(24)26)13-17-10-11-19(20(14-17)27-4-2)28-15-16-8-6-5-7-9-16/h3,5-11,13-14H,1,4,12,15H2,2H3,(H,23,26)/b18-13+. The van der Waals surface area contributed by atoms with Gasteiger partial charge in [0.25, 0.3) is 5.91 Å². The molecule has 2 aromatic rings. The number of amides is 3. The molecule has 1 saturated heterocycles. The van der Waals surface area contributed by atoms with E-state index < -0.39 is 6.03 Å². The van der Waals surface area contributed by atoms with Crippen LogP contribution >= 0.6 is 0 Å². The van der Waals surface area contributed by atoms with E-state index in [2.05, 4.69) is 11.9 Å². The lowest BCUT2D eigenvalue weighted by atomic mass is 10.1. The SMILES string of the molecule is C=CCN1C(=O)N/C(=C/c2ccc(OCc3ccccc3)c(OCC)c2)C1=O. The maximum atomic E-state index is 12.3. The summed E-state index contributed by atoms with van der Waals surface area (Å²) in [6, 6.07) is 14.8. The number of carbonyl (C=O) groups is 2. The second-order valence-electron chi connectivity index (χ2n) is 6.11. The van der Waals surface area contributed by atoms with E-state index >= 15 is 0 Å². The van der Waals surface area contributed by atoms with Gasteiger partial charge in [0.2, 0.25) is 0 Å². The van der Waals surface area contributed by atoms with Crippen molar-refractivity contribution in [1.82, 2.24) is 10.2 Å². The molecule has 0 saturated carbocycles. The van der Waals surface area contributed by atoms with Crippen molar-refractivity contribution in [2.75, 3.05) is 13.2 Å². The van der Waals surface area contributed by atoms with Crippen LogP contribution in [-0.2, 0) is 11.4 Å². The van der Waals surface area contributed by atoms with Crippen LogP contribution in [0.3, 0.4) is 0 Å². The highest BCUT2D eigenvalue weighted by molar-refractivity contribution is 6.14. The third-order valence-corrected chi connectivity index (χ3v) is 4.09. The van der Waals surface area contributed by atoms with E-state index in [1.54, 1.807) is 18.2 Å². The molecule has 2 aromatic carbocycles. The number of benzene rings is 2. The zero-order valence-corrected chi connectivity index (χ0v) is 15.7. The summed E-state index contributed by atoms with van der Waals surface area (Å²) in [7, 11) is 0. The van der Waals surface area contributed by atoms with Crippen molar-refractivity contribution in [3.8, 4) is 11.5 Å². The second kappa shape index (κ2) is 8.90. The first-order valence-electron chi connectivity index (χ1n) is 9.01. The number of rotatable bonds is 8. The number of imide groups is 1. The summed E-state index contributed by atoms with van der Waals surface area (Å²) in [5, 5.41) is 2.58. The van der Waals surface area contributed by atoms with Crippen LogP contribution in [-0.4, -0.2) is 30.0 Å². The Hall–Kier alpha value is -3.54. The number of carbonyl (C=O) groups excluding carboxylic acids is 2. The molecule has 28 heavy (non-hydrogen) atoms. The van der Waals surface area contributed by atoms with Gasteiger partial charge in [-0.05, 0) is 36.3 Å². The van der Waals surface area contributed by atoms with Gasteiger partial charge < -0.3 is 14.8 Å². The fraction of sp³-hybridized carbons (Fsp3) is 0.182. The Morgan fingerprint density at radius 1 is 1.07 bits per heavy atom. The minimum absolute atomic E-state index is 0.165. The molecule has 3 amide bonds. The Kier molecular flexibility index (Phi) is 6.11. The highest BCUT2D eigenvalue weighted by Crippen LogP contribution is 2.30. The third-order valence-electron chi connectivity index (χ3n) is 4.09. The van der Waals surface area contributed by atoms with Gasteiger partial charge in [0.15, 0.2) is 11.5 Å². The van der Waals surface area contributed by atoms with Crippen molar-refractivity contribution < 1.29 is 19.1 Å². The lowest BCUT2D eigenvalue weighted by Gasteiger charge is -2.13. The Labute approximate surface area is 164 Å². The first-order chi connectivity index (χ1) is 13.6. The van der Waals surface area contributed by atoms with Crippen LogP contribution in [0, 0.1) is 0 Å². The van der Waals surface area contributed by atoms with E-state index in [-0.39, 0.29) is 18.1 Å². The first kappa shape index (κ1) is 19.2. The summed E-state index contributed by atoms with van der Waals surface area (Å²) < 4.78 is 11.6. The van der Waals surface area contributed by atoms with Gasteiger partial charge in [-0.1, -0.05) is 42.5 Å². The van der Waals surface area contributed by atoms with Gasteiger partial charge in [-0.2, -0.15) is 0 Å². The Balaban J connectivity index is 1.79. The minimum atomic E-state index is -0.455. The van der Waals surface area contributed by atoms with Gasteiger partial charge in [-0.3, -0.25) is 9.69 Å². The molecule has 1 N–H and O–H groups in total. The molecule has 1 aliphatic rings. The van der Waals surface area contributed by atoms with Crippen molar-refractivity contribution in [1.29, 1.82) is 0 Å². The quantitative estimate of drug-likeness (QED) is 0.432. The topological polar surface area (TPSA) is 67.9 Å². The highest BCUT2D eigenvalue weighted by Gasteiger charge is 2.32. The lowest BCUT2D eigenvalue weighted by molar-refractivity contribution is -0.122. The maximum absolute atomic E-state index is 12.3. The molecule has 1 heterocycles. The molecule has 3 rings (SSSR count).